The number of hydrogen-bond donors (Lipinski definition) is 1. The van der Waals surface area contributed by atoms with Gasteiger partial charge in [0.2, 0.25) is 0 Å². The highest BCUT2D eigenvalue weighted by molar-refractivity contribution is 6.34. The van der Waals surface area contributed by atoms with Gasteiger partial charge in [-0.3, -0.25) is 0 Å². The average molecular weight is 332 g/mol. The molecule has 0 amide bonds. The first-order valence-corrected chi connectivity index (χ1v) is 6.65. The number of aromatic nitrogens is 2. The summed E-state index contributed by atoms with van der Waals surface area (Å²) in [5.41, 5.74) is 0. The summed E-state index contributed by atoms with van der Waals surface area (Å²) in [6.45, 7) is 0.0136. The standard InChI is InChI=1S/C12H11Cl2N3O4/c13-8-1-2-10(14)11(5-8)21-7-9(18)6-16-4-3-12(15-16)17(19)20/h1-5,9,18H,6-7H2. The van der Waals surface area contributed by atoms with Gasteiger partial charge < -0.3 is 20.0 Å². The first-order valence-electron chi connectivity index (χ1n) is 5.89. The van der Waals surface area contributed by atoms with Crippen molar-refractivity contribution in [2.24, 2.45) is 0 Å². The van der Waals surface area contributed by atoms with Gasteiger partial charge in [-0.1, -0.05) is 23.2 Å². The highest BCUT2D eigenvalue weighted by atomic mass is 35.5. The van der Waals surface area contributed by atoms with Crippen molar-refractivity contribution in [1.82, 2.24) is 9.78 Å². The molecule has 0 saturated heterocycles. The Bertz CT molecular complexity index is 647. The zero-order valence-electron chi connectivity index (χ0n) is 10.6. The molecular formula is C12H11Cl2N3O4. The third-order valence-electron chi connectivity index (χ3n) is 2.54. The van der Waals surface area contributed by atoms with E-state index in [1.54, 1.807) is 12.1 Å². The molecule has 1 atom stereocenters. The van der Waals surface area contributed by atoms with Gasteiger partial charge in [0.15, 0.2) is 0 Å². The van der Waals surface area contributed by atoms with Crippen molar-refractivity contribution in [3.05, 3.63) is 50.6 Å². The Morgan fingerprint density at radius 2 is 2.19 bits per heavy atom. The molecule has 0 bridgehead atoms. The van der Waals surface area contributed by atoms with E-state index in [1.165, 1.54) is 23.0 Å². The van der Waals surface area contributed by atoms with Crippen LogP contribution >= 0.6 is 23.2 Å². The van der Waals surface area contributed by atoms with Crippen LogP contribution in [0.2, 0.25) is 10.0 Å². The fourth-order valence-corrected chi connectivity index (χ4v) is 1.93. The van der Waals surface area contributed by atoms with Crippen molar-refractivity contribution < 1.29 is 14.8 Å². The minimum Gasteiger partial charge on any atom is -0.489 e. The van der Waals surface area contributed by atoms with Gasteiger partial charge in [0.05, 0.1) is 28.9 Å². The van der Waals surface area contributed by atoms with Crippen LogP contribution in [0.5, 0.6) is 5.75 Å². The zero-order chi connectivity index (χ0) is 15.4. The number of halogens is 2. The molecule has 1 heterocycles. The summed E-state index contributed by atoms with van der Waals surface area (Å²) in [4.78, 5) is 9.89. The van der Waals surface area contributed by atoms with Crippen LogP contribution in [0.25, 0.3) is 0 Å². The van der Waals surface area contributed by atoms with Gasteiger partial charge in [-0.15, -0.1) is 0 Å². The topological polar surface area (TPSA) is 90.4 Å². The van der Waals surface area contributed by atoms with E-state index in [0.29, 0.717) is 15.8 Å². The van der Waals surface area contributed by atoms with E-state index in [0.717, 1.165) is 0 Å². The van der Waals surface area contributed by atoms with Crippen molar-refractivity contribution >= 4 is 29.0 Å². The smallest absolute Gasteiger partial charge is 0.389 e. The lowest BCUT2D eigenvalue weighted by Crippen LogP contribution is -2.24. The Labute approximate surface area is 129 Å². The number of nitrogens with zero attached hydrogens (tertiary/aromatic N) is 3. The van der Waals surface area contributed by atoms with Gasteiger partial charge in [-0.05, 0) is 17.1 Å². The molecule has 112 valence electrons. The number of aliphatic hydroxyl groups is 1. The number of ether oxygens (including phenoxy) is 1. The molecule has 2 rings (SSSR count). The van der Waals surface area contributed by atoms with Crippen LogP contribution in [0.4, 0.5) is 5.82 Å². The molecule has 0 fully saturated rings. The fraction of sp³-hybridized carbons (Fsp3) is 0.250. The second kappa shape index (κ2) is 6.75. The molecule has 1 N–H and O–H groups in total. The number of nitro groups is 1. The quantitative estimate of drug-likeness (QED) is 0.648. The highest BCUT2D eigenvalue weighted by Gasteiger charge is 2.15. The minimum absolute atomic E-state index is 0.0479. The van der Waals surface area contributed by atoms with E-state index in [1.807, 2.05) is 0 Å². The summed E-state index contributed by atoms with van der Waals surface area (Å²) in [6.07, 6.45) is 0.507. The summed E-state index contributed by atoms with van der Waals surface area (Å²) in [6, 6.07) is 6.00. The number of hydrogen-bond acceptors (Lipinski definition) is 5. The monoisotopic (exact) mass is 331 g/mol. The molecule has 1 aromatic carbocycles. The lowest BCUT2D eigenvalue weighted by molar-refractivity contribution is -0.389. The average Bonchev–Trinajstić information content (AvgIpc) is 2.88. The van der Waals surface area contributed by atoms with Crippen molar-refractivity contribution in [2.45, 2.75) is 12.6 Å². The second-order valence-electron chi connectivity index (χ2n) is 4.19. The number of rotatable bonds is 6. The molecule has 2 aromatic rings. The van der Waals surface area contributed by atoms with Crippen LogP contribution in [0.3, 0.4) is 0 Å². The molecule has 1 aromatic heterocycles. The highest BCUT2D eigenvalue weighted by Crippen LogP contribution is 2.27. The van der Waals surface area contributed by atoms with E-state index >= 15 is 0 Å². The molecule has 0 radical (unpaired) electrons. The van der Waals surface area contributed by atoms with Crippen LogP contribution in [0.15, 0.2) is 30.5 Å². The van der Waals surface area contributed by atoms with E-state index in [-0.39, 0.29) is 19.0 Å². The molecule has 21 heavy (non-hydrogen) atoms. The van der Waals surface area contributed by atoms with E-state index in [4.69, 9.17) is 27.9 Å². The van der Waals surface area contributed by atoms with Crippen LogP contribution in [0, 0.1) is 10.1 Å². The largest absolute Gasteiger partial charge is 0.489 e. The maximum atomic E-state index is 10.5. The Morgan fingerprint density at radius 1 is 1.43 bits per heavy atom. The predicted molar refractivity (Wildman–Crippen MR) is 76.8 cm³/mol. The summed E-state index contributed by atoms with van der Waals surface area (Å²) >= 11 is 11.7. The minimum atomic E-state index is -0.903. The van der Waals surface area contributed by atoms with Crippen LogP contribution in [-0.2, 0) is 6.54 Å². The van der Waals surface area contributed by atoms with E-state index < -0.39 is 11.0 Å². The first kappa shape index (κ1) is 15.6. The molecule has 0 saturated carbocycles. The molecule has 0 aliphatic carbocycles. The van der Waals surface area contributed by atoms with Gasteiger partial charge in [0, 0.05) is 11.1 Å². The molecule has 0 spiro atoms. The lowest BCUT2D eigenvalue weighted by atomic mass is 10.3. The fourth-order valence-electron chi connectivity index (χ4n) is 1.59. The summed E-state index contributed by atoms with van der Waals surface area (Å²) in [5.74, 6) is 0.0793. The molecule has 0 aliphatic rings. The number of aliphatic hydroxyl groups excluding tert-OH is 1. The molecular weight excluding hydrogens is 321 g/mol. The Morgan fingerprint density at radius 3 is 2.86 bits per heavy atom. The van der Waals surface area contributed by atoms with Gasteiger partial charge in [0.25, 0.3) is 0 Å². The molecule has 1 unspecified atom stereocenters. The summed E-state index contributed by atoms with van der Waals surface area (Å²) < 4.78 is 6.63. The molecule has 7 nitrogen and oxygen atoms in total. The van der Waals surface area contributed by atoms with Crippen LogP contribution in [-0.4, -0.2) is 32.5 Å². The van der Waals surface area contributed by atoms with E-state index in [9.17, 15) is 15.2 Å². The van der Waals surface area contributed by atoms with E-state index in [2.05, 4.69) is 5.10 Å². The zero-order valence-corrected chi connectivity index (χ0v) is 12.2. The number of benzene rings is 1. The van der Waals surface area contributed by atoms with Gasteiger partial charge in [-0.2, -0.15) is 4.68 Å². The van der Waals surface area contributed by atoms with Crippen molar-refractivity contribution in [2.75, 3.05) is 6.61 Å². The third kappa shape index (κ3) is 4.32. The van der Waals surface area contributed by atoms with Crippen molar-refractivity contribution in [3.63, 3.8) is 0 Å². The predicted octanol–water partition coefficient (Wildman–Crippen LogP) is 2.54. The normalized spacial score (nSPS) is 12.1. The summed E-state index contributed by atoms with van der Waals surface area (Å²) in [5, 5.41) is 24.9. The molecule has 0 aliphatic heterocycles. The second-order valence-corrected chi connectivity index (χ2v) is 5.04. The van der Waals surface area contributed by atoms with Crippen LogP contribution < -0.4 is 4.74 Å². The van der Waals surface area contributed by atoms with Gasteiger partial charge in [-0.25, -0.2) is 0 Å². The Kier molecular flexibility index (Phi) is 5.00. The first-order chi connectivity index (χ1) is 9.95. The maximum Gasteiger partial charge on any atom is 0.389 e. The SMILES string of the molecule is O=[N+]([O-])c1ccn(CC(O)COc2cc(Cl)ccc2Cl)n1. The Balaban J connectivity index is 1.90. The van der Waals surface area contributed by atoms with Gasteiger partial charge >= 0.3 is 5.82 Å². The maximum absolute atomic E-state index is 10.5. The van der Waals surface area contributed by atoms with Crippen molar-refractivity contribution in [3.8, 4) is 5.75 Å². The van der Waals surface area contributed by atoms with Crippen LogP contribution in [0.1, 0.15) is 0 Å². The van der Waals surface area contributed by atoms with Gasteiger partial charge in [0.1, 0.15) is 18.5 Å². The lowest BCUT2D eigenvalue weighted by Gasteiger charge is -2.12. The molecule has 9 heteroatoms. The Hall–Kier alpha value is -1.83. The third-order valence-corrected chi connectivity index (χ3v) is 3.08. The summed E-state index contributed by atoms with van der Waals surface area (Å²) in [7, 11) is 0. The van der Waals surface area contributed by atoms with Crippen molar-refractivity contribution in [1.29, 1.82) is 0 Å².